The molecule has 0 saturated heterocycles. The van der Waals surface area contributed by atoms with Gasteiger partial charge >= 0.3 is 0 Å². The molecular weight excluding hydrogens is 232 g/mol. The van der Waals surface area contributed by atoms with Gasteiger partial charge in [-0.05, 0) is 40.2 Å². The second-order valence-electron chi connectivity index (χ2n) is 5.30. The predicted octanol–water partition coefficient (Wildman–Crippen LogP) is 0.667. The van der Waals surface area contributed by atoms with Gasteiger partial charge in [-0.15, -0.1) is 0 Å². The van der Waals surface area contributed by atoms with Gasteiger partial charge in [0, 0.05) is 12.6 Å². The number of methoxy groups -OCH3 is 1. The average Bonchev–Trinajstić information content (AvgIpc) is 2.28. The molecule has 0 heterocycles. The maximum absolute atomic E-state index is 11.9. The summed E-state index contributed by atoms with van der Waals surface area (Å²) in [5, 5.41) is 15.5. The number of aliphatic hydroxyl groups is 1. The standard InChI is InChI=1S/C13H28N2O3/c1-6-13(3,4)15-12(17)10(2)14-8-7-11(16)9-18-5/h10-11,14,16H,6-9H2,1-5H3,(H,15,17). The van der Waals surface area contributed by atoms with E-state index in [4.69, 9.17) is 4.74 Å². The van der Waals surface area contributed by atoms with Gasteiger partial charge in [0.25, 0.3) is 0 Å². The Morgan fingerprint density at radius 1 is 1.44 bits per heavy atom. The highest BCUT2D eigenvalue weighted by Crippen LogP contribution is 2.06. The topological polar surface area (TPSA) is 70.6 Å². The average molecular weight is 260 g/mol. The van der Waals surface area contributed by atoms with E-state index in [0.29, 0.717) is 19.6 Å². The number of carbonyl (C=O) groups excluding carboxylic acids is 1. The summed E-state index contributed by atoms with van der Waals surface area (Å²) in [5.74, 6) is -0.0110. The SMILES string of the molecule is CCC(C)(C)NC(=O)C(C)NCCC(O)COC. The van der Waals surface area contributed by atoms with E-state index in [9.17, 15) is 9.90 Å². The fraction of sp³-hybridized carbons (Fsp3) is 0.923. The largest absolute Gasteiger partial charge is 0.391 e. The first kappa shape index (κ1) is 17.4. The first-order valence-corrected chi connectivity index (χ1v) is 6.54. The molecule has 5 heteroatoms. The van der Waals surface area contributed by atoms with Crippen LogP contribution in [0.25, 0.3) is 0 Å². The van der Waals surface area contributed by atoms with Crippen LogP contribution in [0.1, 0.15) is 40.5 Å². The van der Waals surface area contributed by atoms with Gasteiger partial charge in [-0.2, -0.15) is 0 Å². The van der Waals surface area contributed by atoms with E-state index < -0.39 is 6.10 Å². The summed E-state index contributed by atoms with van der Waals surface area (Å²) in [7, 11) is 1.56. The van der Waals surface area contributed by atoms with E-state index in [1.807, 2.05) is 27.7 Å². The zero-order chi connectivity index (χ0) is 14.2. The number of hydrogen-bond acceptors (Lipinski definition) is 4. The minimum absolute atomic E-state index is 0.0110. The summed E-state index contributed by atoms with van der Waals surface area (Å²) in [6.07, 6.45) is 0.977. The number of nitrogens with one attached hydrogen (secondary N) is 2. The summed E-state index contributed by atoms with van der Waals surface area (Å²) in [6, 6.07) is -0.259. The van der Waals surface area contributed by atoms with Crippen LogP contribution in [0.2, 0.25) is 0 Å². The summed E-state index contributed by atoms with van der Waals surface area (Å²) in [6.45, 7) is 8.78. The van der Waals surface area contributed by atoms with Crippen molar-refractivity contribution in [2.24, 2.45) is 0 Å². The Hall–Kier alpha value is -0.650. The Bertz CT molecular complexity index is 244. The lowest BCUT2D eigenvalue weighted by Gasteiger charge is -2.27. The molecule has 0 fully saturated rings. The van der Waals surface area contributed by atoms with E-state index in [0.717, 1.165) is 6.42 Å². The summed E-state index contributed by atoms with van der Waals surface area (Å²) in [5.41, 5.74) is -0.178. The molecule has 0 aromatic carbocycles. The van der Waals surface area contributed by atoms with Crippen LogP contribution >= 0.6 is 0 Å². The van der Waals surface area contributed by atoms with Crippen LogP contribution in [0.4, 0.5) is 0 Å². The molecule has 0 spiro atoms. The van der Waals surface area contributed by atoms with Gasteiger partial charge < -0.3 is 20.5 Å². The summed E-state index contributed by atoms with van der Waals surface area (Å²) in [4.78, 5) is 11.9. The van der Waals surface area contributed by atoms with E-state index in [1.54, 1.807) is 7.11 Å². The zero-order valence-electron chi connectivity index (χ0n) is 12.2. The van der Waals surface area contributed by atoms with Crippen LogP contribution in [0.5, 0.6) is 0 Å². The van der Waals surface area contributed by atoms with Gasteiger partial charge in [0.05, 0.1) is 18.8 Å². The van der Waals surface area contributed by atoms with Crippen molar-refractivity contribution in [3.05, 3.63) is 0 Å². The molecule has 0 aromatic heterocycles. The van der Waals surface area contributed by atoms with Crippen molar-refractivity contribution in [3.63, 3.8) is 0 Å². The van der Waals surface area contributed by atoms with E-state index in [1.165, 1.54) is 0 Å². The first-order valence-electron chi connectivity index (χ1n) is 6.54. The quantitative estimate of drug-likeness (QED) is 0.570. The van der Waals surface area contributed by atoms with Gasteiger partial charge in [0.2, 0.25) is 5.91 Å². The third-order valence-electron chi connectivity index (χ3n) is 3.03. The molecule has 0 radical (unpaired) electrons. The predicted molar refractivity (Wildman–Crippen MR) is 72.5 cm³/mol. The fourth-order valence-electron chi connectivity index (χ4n) is 1.37. The molecule has 2 atom stereocenters. The normalized spacial score (nSPS) is 15.2. The third-order valence-corrected chi connectivity index (χ3v) is 3.03. The van der Waals surface area contributed by atoms with Gasteiger partial charge in [-0.25, -0.2) is 0 Å². The van der Waals surface area contributed by atoms with Crippen LogP contribution < -0.4 is 10.6 Å². The summed E-state index contributed by atoms with van der Waals surface area (Å²) < 4.78 is 4.83. The molecule has 108 valence electrons. The molecular formula is C13H28N2O3. The molecule has 18 heavy (non-hydrogen) atoms. The van der Waals surface area contributed by atoms with Crippen molar-refractivity contribution >= 4 is 5.91 Å². The van der Waals surface area contributed by atoms with Crippen LogP contribution in [-0.2, 0) is 9.53 Å². The van der Waals surface area contributed by atoms with Crippen molar-refractivity contribution in [3.8, 4) is 0 Å². The Balaban J connectivity index is 3.88. The van der Waals surface area contributed by atoms with E-state index in [-0.39, 0.29) is 17.5 Å². The lowest BCUT2D eigenvalue weighted by Crippen LogP contribution is -2.51. The van der Waals surface area contributed by atoms with Gasteiger partial charge in [0.15, 0.2) is 0 Å². The van der Waals surface area contributed by atoms with Crippen molar-refractivity contribution in [2.45, 2.75) is 58.2 Å². The van der Waals surface area contributed by atoms with Crippen molar-refractivity contribution in [1.82, 2.24) is 10.6 Å². The monoisotopic (exact) mass is 260 g/mol. The molecule has 0 aliphatic heterocycles. The van der Waals surface area contributed by atoms with Gasteiger partial charge in [0.1, 0.15) is 0 Å². The highest BCUT2D eigenvalue weighted by molar-refractivity contribution is 5.81. The number of rotatable bonds is 9. The van der Waals surface area contributed by atoms with Crippen molar-refractivity contribution < 1.29 is 14.6 Å². The molecule has 0 bridgehead atoms. The maximum atomic E-state index is 11.9. The number of hydrogen-bond donors (Lipinski definition) is 3. The molecule has 0 saturated carbocycles. The Kier molecular flexibility index (Phi) is 8.15. The van der Waals surface area contributed by atoms with Crippen molar-refractivity contribution in [2.75, 3.05) is 20.3 Å². The second-order valence-corrected chi connectivity index (χ2v) is 5.30. The molecule has 1 amide bonds. The van der Waals surface area contributed by atoms with Crippen LogP contribution in [0, 0.1) is 0 Å². The van der Waals surface area contributed by atoms with Crippen LogP contribution in [-0.4, -0.2) is 49.0 Å². The smallest absolute Gasteiger partial charge is 0.237 e. The van der Waals surface area contributed by atoms with Gasteiger partial charge in [-0.1, -0.05) is 6.92 Å². The van der Waals surface area contributed by atoms with Gasteiger partial charge in [-0.3, -0.25) is 4.79 Å². The minimum atomic E-state index is -0.482. The molecule has 0 aliphatic rings. The molecule has 3 N–H and O–H groups in total. The van der Waals surface area contributed by atoms with Crippen LogP contribution in [0.3, 0.4) is 0 Å². The Morgan fingerprint density at radius 3 is 2.56 bits per heavy atom. The van der Waals surface area contributed by atoms with E-state index >= 15 is 0 Å². The fourth-order valence-corrected chi connectivity index (χ4v) is 1.37. The first-order chi connectivity index (χ1) is 8.32. The highest BCUT2D eigenvalue weighted by atomic mass is 16.5. The minimum Gasteiger partial charge on any atom is -0.391 e. The number of ether oxygens (including phenoxy) is 1. The van der Waals surface area contributed by atoms with Crippen molar-refractivity contribution in [1.29, 1.82) is 0 Å². The zero-order valence-corrected chi connectivity index (χ0v) is 12.2. The van der Waals surface area contributed by atoms with Crippen LogP contribution in [0.15, 0.2) is 0 Å². The van der Waals surface area contributed by atoms with E-state index in [2.05, 4.69) is 10.6 Å². The third kappa shape index (κ3) is 7.63. The molecule has 5 nitrogen and oxygen atoms in total. The lowest BCUT2D eigenvalue weighted by atomic mass is 10.0. The highest BCUT2D eigenvalue weighted by Gasteiger charge is 2.21. The Morgan fingerprint density at radius 2 is 2.06 bits per heavy atom. The lowest BCUT2D eigenvalue weighted by molar-refractivity contribution is -0.124. The second kappa shape index (κ2) is 8.45. The Labute approximate surface area is 110 Å². The molecule has 0 aromatic rings. The molecule has 0 rings (SSSR count). The maximum Gasteiger partial charge on any atom is 0.237 e. The number of carbonyl (C=O) groups is 1. The number of amides is 1. The molecule has 0 aliphatic carbocycles. The number of aliphatic hydroxyl groups excluding tert-OH is 1. The molecule has 2 unspecified atom stereocenters. The summed E-state index contributed by atoms with van der Waals surface area (Å²) >= 11 is 0.